The molecule has 0 aromatic heterocycles. The number of carbonyl (C=O) groups excluding carboxylic acids is 2. The van der Waals surface area contributed by atoms with Crippen molar-refractivity contribution in [2.75, 3.05) is 0 Å². The van der Waals surface area contributed by atoms with Crippen LogP contribution in [0.25, 0.3) is 0 Å². The molecule has 21 heavy (non-hydrogen) atoms. The molecule has 1 aromatic carbocycles. The minimum absolute atomic E-state index is 0.00664. The lowest BCUT2D eigenvalue weighted by Crippen LogP contribution is -2.40. The minimum atomic E-state index is -0.106. The number of ketones is 1. The molecule has 1 heterocycles. The van der Waals surface area contributed by atoms with Gasteiger partial charge in [0.1, 0.15) is 0 Å². The van der Waals surface area contributed by atoms with Gasteiger partial charge in [-0.1, -0.05) is 41.9 Å². The molecule has 3 rings (SSSR count). The van der Waals surface area contributed by atoms with Gasteiger partial charge in [-0.15, -0.1) is 0 Å². The molecule has 3 nitrogen and oxygen atoms in total. The van der Waals surface area contributed by atoms with E-state index >= 15 is 0 Å². The molecule has 1 N–H and O–H groups in total. The molecule has 2 aliphatic rings. The summed E-state index contributed by atoms with van der Waals surface area (Å²) in [6, 6.07) is 7.90. The van der Waals surface area contributed by atoms with Crippen LogP contribution in [0.2, 0.25) is 0 Å². The molecule has 1 aliphatic heterocycles. The monoisotopic (exact) mass is 347 g/mol. The van der Waals surface area contributed by atoms with Crippen molar-refractivity contribution in [3.8, 4) is 0 Å². The van der Waals surface area contributed by atoms with Gasteiger partial charge in [-0.05, 0) is 29.5 Å². The maximum absolute atomic E-state index is 12.6. The highest BCUT2D eigenvalue weighted by Gasteiger charge is 2.40. The summed E-state index contributed by atoms with van der Waals surface area (Å²) < 4.78 is 0.997. The topological polar surface area (TPSA) is 46.2 Å². The van der Waals surface area contributed by atoms with E-state index in [0.29, 0.717) is 12.8 Å². The summed E-state index contributed by atoms with van der Waals surface area (Å²) in [7, 11) is 0. The summed E-state index contributed by atoms with van der Waals surface area (Å²) in [5, 5.41) is 2.93. The Morgan fingerprint density at radius 1 is 1.14 bits per heavy atom. The molecule has 1 aromatic rings. The molecule has 0 bridgehead atoms. The van der Waals surface area contributed by atoms with E-state index in [4.69, 9.17) is 0 Å². The highest BCUT2D eigenvalue weighted by molar-refractivity contribution is 9.10. The number of carbonyl (C=O) groups is 2. The molecule has 4 heteroatoms. The zero-order chi connectivity index (χ0) is 15.2. The van der Waals surface area contributed by atoms with Crippen molar-refractivity contribution in [1.29, 1.82) is 0 Å². The third-order valence-corrected chi connectivity index (χ3v) is 4.75. The minimum Gasteiger partial charge on any atom is -0.329 e. The van der Waals surface area contributed by atoms with Gasteiger partial charge in [0.25, 0.3) is 0 Å². The van der Waals surface area contributed by atoms with Gasteiger partial charge in [-0.25, -0.2) is 0 Å². The van der Waals surface area contributed by atoms with Crippen molar-refractivity contribution in [1.82, 2.24) is 5.32 Å². The van der Waals surface area contributed by atoms with Crippen molar-refractivity contribution in [3.05, 3.63) is 45.6 Å². The first-order valence-electron chi connectivity index (χ1n) is 7.17. The van der Waals surface area contributed by atoms with E-state index in [9.17, 15) is 9.59 Å². The van der Waals surface area contributed by atoms with E-state index in [1.54, 1.807) is 0 Å². The smallest absolute Gasteiger partial charge is 0.225 e. The van der Waals surface area contributed by atoms with Gasteiger partial charge < -0.3 is 5.32 Å². The first kappa shape index (κ1) is 14.5. The number of halogens is 1. The Morgan fingerprint density at radius 2 is 1.81 bits per heavy atom. The van der Waals surface area contributed by atoms with Crippen molar-refractivity contribution >= 4 is 27.6 Å². The number of amides is 1. The second-order valence-corrected chi connectivity index (χ2v) is 7.61. The number of hydrogen-bond acceptors (Lipinski definition) is 2. The summed E-state index contributed by atoms with van der Waals surface area (Å²) in [6.45, 7) is 4.15. The highest BCUT2D eigenvalue weighted by Crippen LogP contribution is 2.43. The molecule has 110 valence electrons. The van der Waals surface area contributed by atoms with Gasteiger partial charge in [0.05, 0.1) is 0 Å². The van der Waals surface area contributed by atoms with E-state index in [1.807, 2.05) is 24.3 Å². The summed E-state index contributed by atoms with van der Waals surface area (Å²) in [4.78, 5) is 24.6. The Bertz CT molecular complexity index is 643. The zero-order valence-electron chi connectivity index (χ0n) is 12.2. The summed E-state index contributed by atoms with van der Waals surface area (Å²) in [6.07, 6.45) is 1.66. The Hall–Kier alpha value is -1.42. The standard InChI is InChI=1S/C17H18BrNO2/c1-17(2)8-13-16(14(20)9-17)12(7-15(21)19-13)10-3-5-11(18)6-4-10/h3-6,12H,7-9H2,1-2H3,(H,19,21)/t12-/m1/s1. The van der Waals surface area contributed by atoms with Crippen LogP contribution in [0.1, 0.15) is 44.6 Å². The molecule has 1 amide bonds. The van der Waals surface area contributed by atoms with Crippen LogP contribution in [0.3, 0.4) is 0 Å². The van der Waals surface area contributed by atoms with Crippen molar-refractivity contribution in [2.45, 2.75) is 39.0 Å². The first-order valence-corrected chi connectivity index (χ1v) is 7.96. The lowest BCUT2D eigenvalue weighted by molar-refractivity contribution is -0.122. The SMILES string of the molecule is CC1(C)CC(=O)C2=C(C1)NC(=O)C[C@@H]2c1ccc(Br)cc1. The Kier molecular flexibility index (Phi) is 3.52. The van der Waals surface area contributed by atoms with Crippen LogP contribution in [-0.2, 0) is 9.59 Å². The number of hydrogen-bond donors (Lipinski definition) is 1. The average Bonchev–Trinajstić information content (AvgIpc) is 2.36. The van der Waals surface area contributed by atoms with Gasteiger partial charge in [-0.3, -0.25) is 9.59 Å². The normalized spacial score (nSPS) is 24.6. The van der Waals surface area contributed by atoms with Crippen LogP contribution in [0.4, 0.5) is 0 Å². The van der Waals surface area contributed by atoms with Crippen LogP contribution in [-0.4, -0.2) is 11.7 Å². The largest absolute Gasteiger partial charge is 0.329 e. The maximum atomic E-state index is 12.6. The number of Topliss-reactive ketones (excluding diaryl/α,β-unsaturated/α-hetero) is 1. The van der Waals surface area contributed by atoms with Gasteiger partial charge in [-0.2, -0.15) is 0 Å². The van der Waals surface area contributed by atoms with Gasteiger partial charge in [0, 0.05) is 34.5 Å². The predicted octanol–water partition coefficient (Wildman–Crippen LogP) is 3.70. The molecule has 1 atom stereocenters. The Labute approximate surface area is 132 Å². The Morgan fingerprint density at radius 3 is 2.48 bits per heavy atom. The van der Waals surface area contributed by atoms with Crippen molar-refractivity contribution in [3.63, 3.8) is 0 Å². The lowest BCUT2D eigenvalue weighted by Gasteiger charge is -2.37. The fraction of sp³-hybridized carbons (Fsp3) is 0.412. The van der Waals surface area contributed by atoms with Crippen LogP contribution >= 0.6 is 15.9 Å². The predicted molar refractivity (Wildman–Crippen MR) is 84.7 cm³/mol. The van der Waals surface area contributed by atoms with E-state index < -0.39 is 0 Å². The zero-order valence-corrected chi connectivity index (χ0v) is 13.8. The molecular formula is C17H18BrNO2. The van der Waals surface area contributed by atoms with Gasteiger partial charge >= 0.3 is 0 Å². The lowest BCUT2D eigenvalue weighted by atomic mass is 9.70. The van der Waals surface area contributed by atoms with Crippen LogP contribution in [0, 0.1) is 5.41 Å². The molecule has 1 aliphatic carbocycles. The second-order valence-electron chi connectivity index (χ2n) is 6.69. The quantitative estimate of drug-likeness (QED) is 0.841. The van der Waals surface area contributed by atoms with Crippen LogP contribution in [0.5, 0.6) is 0 Å². The number of benzene rings is 1. The van der Waals surface area contributed by atoms with Crippen LogP contribution < -0.4 is 5.32 Å². The average molecular weight is 348 g/mol. The van der Waals surface area contributed by atoms with E-state index in [2.05, 4.69) is 35.1 Å². The van der Waals surface area contributed by atoms with E-state index in [1.165, 1.54) is 0 Å². The van der Waals surface area contributed by atoms with E-state index in [0.717, 1.165) is 27.7 Å². The number of allylic oxidation sites excluding steroid dienone is 2. The molecule has 0 radical (unpaired) electrons. The van der Waals surface area contributed by atoms with Gasteiger partial charge in [0.2, 0.25) is 5.91 Å². The molecule has 0 fully saturated rings. The summed E-state index contributed by atoms with van der Waals surface area (Å²) >= 11 is 3.42. The second kappa shape index (κ2) is 5.09. The molecular weight excluding hydrogens is 330 g/mol. The summed E-state index contributed by atoms with van der Waals surface area (Å²) in [5.74, 6) is 0.0757. The maximum Gasteiger partial charge on any atom is 0.225 e. The first-order chi connectivity index (χ1) is 9.85. The Balaban J connectivity index is 2.06. The number of rotatable bonds is 1. The third-order valence-electron chi connectivity index (χ3n) is 4.22. The number of nitrogens with one attached hydrogen (secondary N) is 1. The van der Waals surface area contributed by atoms with Crippen LogP contribution in [0.15, 0.2) is 40.0 Å². The fourth-order valence-electron chi connectivity index (χ4n) is 3.34. The molecule has 0 unspecified atom stereocenters. The highest BCUT2D eigenvalue weighted by atomic mass is 79.9. The molecule has 0 spiro atoms. The molecule has 0 saturated heterocycles. The molecule has 0 saturated carbocycles. The fourth-order valence-corrected chi connectivity index (χ4v) is 3.60. The van der Waals surface area contributed by atoms with E-state index in [-0.39, 0.29) is 23.0 Å². The summed E-state index contributed by atoms with van der Waals surface area (Å²) in [5.41, 5.74) is 2.61. The van der Waals surface area contributed by atoms with Gasteiger partial charge in [0.15, 0.2) is 5.78 Å². The van der Waals surface area contributed by atoms with Crippen molar-refractivity contribution in [2.24, 2.45) is 5.41 Å². The van der Waals surface area contributed by atoms with Crippen molar-refractivity contribution < 1.29 is 9.59 Å². The third kappa shape index (κ3) is 2.82.